The molecule has 0 amide bonds. The summed E-state index contributed by atoms with van der Waals surface area (Å²) in [5.41, 5.74) is -0.551. The molecule has 32 heavy (non-hydrogen) atoms. The van der Waals surface area contributed by atoms with E-state index >= 15 is 0 Å². The summed E-state index contributed by atoms with van der Waals surface area (Å²) >= 11 is 3.30. The summed E-state index contributed by atoms with van der Waals surface area (Å²) in [4.78, 5) is 12.9. The number of halogens is 1. The zero-order chi connectivity index (χ0) is 24.9. The lowest BCUT2D eigenvalue weighted by atomic mass is 9.72. The Morgan fingerprint density at radius 3 is 2.31 bits per heavy atom. The summed E-state index contributed by atoms with van der Waals surface area (Å²) in [6.07, 6.45) is 1.32. The fraction of sp³-hybridized carbons (Fsp3) is 0.762. The lowest BCUT2D eigenvalue weighted by molar-refractivity contribution is -0.0953. The van der Waals surface area contributed by atoms with E-state index in [0.29, 0.717) is 5.69 Å². The van der Waals surface area contributed by atoms with Crippen molar-refractivity contribution in [1.82, 2.24) is 4.57 Å². The largest absolute Gasteiger partial charge is 0.491 e. The molecule has 1 aliphatic rings. The van der Waals surface area contributed by atoms with E-state index in [9.17, 15) is 18.3 Å². The minimum atomic E-state index is -3.62. The molecule has 1 N–H and O–H groups in total. The Kier molecular flexibility index (Phi) is 7.86. The minimum absolute atomic E-state index is 0.0953. The van der Waals surface area contributed by atoms with E-state index in [-0.39, 0.29) is 33.7 Å². The van der Waals surface area contributed by atoms with Crippen LogP contribution in [0.2, 0.25) is 18.1 Å². The third-order valence-corrected chi connectivity index (χ3v) is 12.3. The number of aromatic nitrogens is 1. The molecule has 3 atom stereocenters. The van der Waals surface area contributed by atoms with Crippen molar-refractivity contribution >= 4 is 34.4 Å². The highest BCUT2D eigenvalue weighted by Gasteiger charge is 2.53. The SMILES string of the molecule is COc1c2n(cc(Br)c1=O)C(CCOS(C)(=O)=O)C(O)C(C)(C)C2O[Si](C)(C)C(C)(C)C. The molecule has 0 saturated carbocycles. The molecule has 0 spiro atoms. The van der Waals surface area contributed by atoms with Crippen LogP contribution in [0.15, 0.2) is 15.5 Å². The number of rotatable bonds is 7. The first-order valence-electron chi connectivity index (χ1n) is 10.5. The maximum Gasteiger partial charge on any atom is 0.264 e. The van der Waals surface area contributed by atoms with Gasteiger partial charge >= 0.3 is 0 Å². The first kappa shape index (κ1) is 27.5. The van der Waals surface area contributed by atoms with E-state index in [1.165, 1.54) is 7.11 Å². The van der Waals surface area contributed by atoms with Gasteiger partial charge in [0.05, 0.1) is 48.4 Å². The van der Waals surface area contributed by atoms with Crippen molar-refractivity contribution < 1.29 is 26.9 Å². The van der Waals surface area contributed by atoms with Crippen LogP contribution in [0, 0.1) is 5.41 Å². The van der Waals surface area contributed by atoms with Gasteiger partial charge in [0.1, 0.15) is 0 Å². The number of fused-ring (bicyclic) bond motifs is 1. The maximum absolute atomic E-state index is 12.9. The predicted octanol–water partition coefficient (Wildman–Crippen LogP) is 3.99. The van der Waals surface area contributed by atoms with Gasteiger partial charge in [-0.2, -0.15) is 8.42 Å². The van der Waals surface area contributed by atoms with Gasteiger partial charge in [-0.3, -0.25) is 8.98 Å². The second-order valence-electron chi connectivity index (χ2n) is 10.5. The lowest BCUT2D eigenvalue weighted by Gasteiger charge is -2.52. The van der Waals surface area contributed by atoms with Crippen LogP contribution in [0.4, 0.5) is 0 Å². The van der Waals surface area contributed by atoms with Crippen LogP contribution < -0.4 is 10.2 Å². The number of methoxy groups -OCH3 is 1. The average molecular weight is 555 g/mol. The molecule has 3 unspecified atom stereocenters. The smallest absolute Gasteiger partial charge is 0.264 e. The Morgan fingerprint density at radius 1 is 1.28 bits per heavy atom. The van der Waals surface area contributed by atoms with Crippen LogP contribution in [-0.2, 0) is 18.7 Å². The van der Waals surface area contributed by atoms with Crippen molar-refractivity contribution in [2.24, 2.45) is 5.41 Å². The zero-order valence-corrected chi connectivity index (χ0v) is 23.8. The molecule has 1 aliphatic heterocycles. The molecular weight excluding hydrogens is 518 g/mol. The normalized spacial score (nSPS) is 23.7. The second kappa shape index (κ2) is 9.14. The van der Waals surface area contributed by atoms with E-state index < -0.39 is 42.1 Å². The van der Waals surface area contributed by atoms with Crippen LogP contribution in [0.1, 0.15) is 58.9 Å². The predicted molar refractivity (Wildman–Crippen MR) is 130 cm³/mol. The van der Waals surface area contributed by atoms with E-state index in [0.717, 1.165) is 6.26 Å². The van der Waals surface area contributed by atoms with Gasteiger partial charge < -0.3 is 18.8 Å². The molecule has 0 saturated heterocycles. The molecule has 184 valence electrons. The van der Waals surface area contributed by atoms with Crippen LogP contribution in [-0.4, -0.2) is 52.5 Å². The molecule has 0 radical (unpaired) electrons. The number of pyridine rings is 1. The lowest BCUT2D eigenvalue weighted by Crippen LogP contribution is -2.53. The van der Waals surface area contributed by atoms with Gasteiger partial charge in [0.15, 0.2) is 14.1 Å². The molecule has 11 heteroatoms. The van der Waals surface area contributed by atoms with Gasteiger partial charge in [0, 0.05) is 11.6 Å². The number of ether oxygens (including phenoxy) is 1. The molecule has 0 bridgehead atoms. The van der Waals surface area contributed by atoms with Gasteiger partial charge in [0.25, 0.3) is 10.1 Å². The van der Waals surface area contributed by atoms with Crippen molar-refractivity contribution in [3.05, 3.63) is 26.6 Å². The average Bonchev–Trinajstić information content (AvgIpc) is 2.62. The zero-order valence-electron chi connectivity index (χ0n) is 20.4. The van der Waals surface area contributed by atoms with E-state index in [1.807, 2.05) is 13.8 Å². The van der Waals surface area contributed by atoms with E-state index in [4.69, 9.17) is 13.3 Å². The molecule has 1 aromatic heterocycles. The summed E-state index contributed by atoms with van der Waals surface area (Å²) < 4.78 is 42.3. The molecule has 0 fully saturated rings. The van der Waals surface area contributed by atoms with Gasteiger partial charge in [-0.25, -0.2) is 0 Å². The third kappa shape index (κ3) is 5.33. The topological polar surface area (TPSA) is 104 Å². The standard InChI is InChI=1S/C21H36BrNO7SSi/c1-20(2,3)32(8,9)30-19-15-17(28-6)16(24)13(22)12-23(15)14(18(25)21(19,4)5)10-11-29-31(7,26)27/h12,14,18-19,25H,10-11H2,1-9H3. The van der Waals surface area contributed by atoms with Gasteiger partial charge in [-0.15, -0.1) is 0 Å². The Labute approximate surface area is 200 Å². The molecule has 8 nitrogen and oxygen atoms in total. The molecule has 2 heterocycles. The summed E-state index contributed by atoms with van der Waals surface area (Å²) in [5, 5.41) is 11.3. The van der Waals surface area contributed by atoms with Crippen LogP contribution in [0.25, 0.3) is 0 Å². The van der Waals surface area contributed by atoms with Crippen LogP contribution in [0.5, 0.6) is 5.75 Å². The monoisotopic (exact) mass is 553 g/mol. The van der Waals surface area contributed by atoms with Crippen molar-refractivity contribution in [3.63, 3.8) is 0 Å². The second-order valence-corrected chi connectivity index (χ2v) is 17.8. The van der Waals surface area contributed by atoms with Crippen molar-refractivity contribution in [2.45, 2.75) is 77.4 Å². The number of hydrogen-bond acceptors (Lipinski definition) is 7. The quantitative estimate of drug-likeness (QED) is 0.402. The Hall–Kier alpha value is -0.723. The highest BCUT2D eigenvalue weighted by Crippen LogP contribution is 2.53. The third-order valence-electron chi connectivity index (χ3n) is 6.73. The van der Waals surface area contributed by atoms with Crippen molar-refractivity contribution in [2.75, 3.05) is 20.0 Å². The van der Waals surface area contributed by atoms with Crippen LogP contribution >= 0.6 is 15.9 Å². The molecular formula is C21H36BrNO7SSi. The maximum atomic E-state index is 12.9. The van der Waals surface area contributed by atoms with Gasteiger partial charge in [-0.1, -0.05) is 34.6 Å². The van der Waals surface area contributed by atoms with E-state index in [2.05, 4.69) is 49.8 Å². The molecule has 0 aliphatic carbocycles. The highest BCUT2D eigenvalue weighted by molar-refractivity contribution is 9.10. The minimum Gasteiger partial charge on any atom is -0.491 e. The van der Waals surface area contributed by atoms with E-state index in [1.54, 1.807) is 10.8 Å². The summed E-state index contributed by atoms with van der Waals surface area (Å²) in [5.74, 6) is 0.150. The number of aliphatic hydroxyl groups excluding tert-OH is 1. The molecule has 2 rings (SSSR count). The summed E-state index contributed by atoms with van der Waals surface area (Å²) in [6.45, 7) is 14.3. The number of hydrogen-bond donors (Lipinski definition) is 1. The first-order chi connectivity index (χ1) is 14.3. The summed E-state index contributed by atoms with van der Waals surface area (Å²) in [7, 11) is -4.50. The molecule has 0 aromatic carbocycles. The van der Waals surface area contributed by atoms with Gasteiger partial charge in [0.2, 0.25) is 5.43 Å². The fourth-order valence-corrected chi connectivity index (χ4v) is 5.93. The first-order valence-corrected chi connectivity index (χ1v) is 16.1. The number of aliphatic hydroxyl groups is 1. The number of nitrogens with zero attached hydrogens (tertiary/aromatic N) is 1. The molecule has 1 aromatic rings. The Morgan fingerprint density at radius 2 is 1.84 bits per heavy atom. The van der Waals surface area contributed by atoms with Crippen molar-refractivity contribution in [3.8, 4) is 5.75 Å². The Balaban J connectivity index is 2.72. The summed E-state index contributed by atoms with van der Waals surface area (Å²) in [6, 6.07) is -0.549. The fourth-order valence-electron chi connectivity index (χ4n) is 3.77. The van der Waals surface area contributed by atoms with Crippen molar-refractivity contribution in [1.29, 1.82) is 0 Å². The van der Waals surface area contributed by atoms with Gasteiger partial charge in [-0.05, 0) is 40.5 Å². The van der Waals surface area contributed by atoms with Crippen LogP contribution in [0.3, 0.4) is 0 Å². The Bertz CT molecular complexity index is 1010. The highest BCUT2D eigenvalue weighted by atomic mass is 79.9.